The van der Waals surface area contributed by atoms with E-state index in [2.05, 4.69) is 14.9 Å². The summed E-state index contributed by atoms with van der Waals surface area (Å²) in [5, 5.41) is 0. The second kappa shape index (κ2) is 7.19. The van der Waals surface area contributed by atoms with E-state index in [1.54, 1.807) is 18.6 Å². The van der Waals surface area contributed by atoms with Crippen LogP contribution in [0, 0.1) is 0 Å². The number of piperazine rings is 1. The van der Waals surface area contributed by atoms with Gasteiger partial charge in [0.05, 0.1) is 12.1 Å². The highest BCUT2D eigenvalue weighted by Crippen LogP contribution is 2.19. The number of carbonyl (C=O) groups excluding carboxylic acids is 1. The smallest absolute Gasteiger partial charge is 0.231 e. The van der Waals surface area contributed by atoms with E-state index in [9.17, 15) is 4.79 Å². The summed E-state index contributed by atoms with van der Waals surface area (Å²) < 4.78 is 0. The van der Waals surface area contributed by atoms with Crippen molar-refractivity contribution >= 4 is 11.7 Å². The Morgan fingerprint density at radius 1 is 1.13 bits per heavy atom. The number of nitrogens with zero attached hydrogens (tertiary/aromatic N) is 4. The Labute approximate surface area is 135 Å². The summed E-state index contributed by atoms with van der Waals surface area (Å²) in [5.74, 6) is 0.704. The van der Waals surface area contributed by atoms with Crippen LogP contribution < -0.4 is 10.6 Å². The fourth-order valence-corrected chi connectivity index (χ4v) is 2.90. The molecular formula is C17H21N5O. The first-order valence-corrected chi connectivity index (χ1v) is 7.84. The van der Waals surface area contributed by atoms with Crippen LogP contribution in [-0.4, -0.2) is 53.5 Å². The van der Waals surface area contributed by atoms with Crippen molar-refractivity contribution in [2.24, 2.45) is 5.73 Å². The molecule has 6 heteroatoms. The zero-order valence-electron chi connectivity index (χ0n) is 13.0. The third-order valence-corrected chi connectivity index (χ3v) is 4.20. The Morgan fingerprint density at radius 3 is 2.48 bits per heavy atom. The lowest BCUT2D eigenvalue weighted by Gasteiger charge is -2.36. The molecule has 23 heavy (non-hydrogen) atoms. The highest BCUT2D eigenvalue weighted by atomic mass is 16.2. The van der Waals surface area contributed by atoms with Gasteiger partial charge in [-0.2, -0.15) is 0 Å². The van der Waals surface area contributed by atoms with E-state index in [1.165, 1.54) is 0 Å². The number of carbonyl (C=O) groups is 1. The minimum Gasteiger partial charge on any atom is -0.352 e. The molecule has 1 aliphatic heterocycles. The molecule has 1 saturated heterocycles. The SMILES string of the molecule is NCC(C(=O)N1CCN(c2cnccn2)CC1)c1ccccc1. The van der Waals surface area contributed by atoms with E-state index < -0.39 is 0 Å². The van der Waals surface area contributed by atoms with Crippen LogP contribution in [-0.2, 0) is 4.79 Å². The lowest BCUT2D eigenvalue weighted by Crippen LogP contribution is -2.51. The van der Waals surface area contributed by atoms with Crippen LogP contribution in [0.4, 0.5) is 5.82 Å². The summed E-state index contributed by atoms with van der Waals surface area (Å²) in [7, 11) is 0. The van der Waals surface area contributed by atoms with Gasteiger partial charge in [0.1, 0.15) is 5.82 Å². The molecule has 0 spiro atoms. The molecule has 3 rings (SSSR count). The molecule has 6 nitrogen and oxygen atoms in total. The van der Waals surface area contributed by atoms with Crippen molar-refractivity contribution in [3.05, 3.63) is 54.5 Å². The number of aromatic nitrogens is 2. The van der Waals surface area contributed by atoms with Crippen molar-refractivity contribution in [1.82, 2.24) is 14.9 Å². The van der Waals surface area contributed by atoms with Crippen molar-refractivity contribution in [2.45, 2.75) is 5.92 Å². The number of hydrogen-bond donors (Lipinski definition) is 1. The van der Waals surface area contributed by atoms with Gasteiger partial charge in [0.2, 0.25) is 5.91 Å². The normalized spacial score (nSPS) is 16.2. The summed E-state index contributed by atoms with van der Waals surface area (Å²) in [6.45, 7) is 3.21. The van der Waals surface area contributed by atoms with E-state index in [0.717, 1.165) is 24.5 Å². The van der Waals surface area contributed by atoms with E-state index in [-0.39, 0.29) is 11.8 Å². The number of amides is 1. The van der Waals surface area contributed by atoms with Crippen LogP contribution in [0.25, 0.3) is 0 Å². The molecule has 2 heterocycles. The second-order valence-electron chi connectivity index (χ2n) is 5.57. The van der Waals surface area contributed by atoms with E-state index in [1.807, 2.05) is 35.2 Å². The first-order chi connectivity index (χ1) is 11.3. The van der Waals surface area contributed by atoms with Gasteiger partial charge in [-0.05, 0) is 5.56 Å². The maximum atomic E-state index is 12.8. The Morgan fingerprint density at radius 2 is 1.87 bits per heavy atom. The van der Waals surface area contributed by atoms with Gasteiger partial charge in [-0.15, -0.1) is 0 Å². The Kier molecular flexibility index (Phi) is 4.83. The predicted octanol–water partition coefficient (Wildman–Crippen LogP) is 0.868. The van der Waals surface area contributed by atoms with Crippen LogP contribution in [0.3, 0.4) is 0 Å². The van der Waals surface area contributed by atoms with Crippen molar-refractivity contribution in [3.63, 3.8) is 0 Å². The Balaban J connectivity index is 1.64. The number of rotatable bonds is 4. The van der Waals surface area contributed by atoms with Gasteiger partial charge in [-0.3, -0.25) is 9.78 Å². The van der Waals surface area contributed by atoms with Gasteiger partial charge in [0.25, 0.3) is 0 Å². The highest BCUT2D eigenvalue weighted by Gasteiger charge is 2.28. The topological polar surface area (TPSA) is 75.4 Å². The van der Waals surface area contributed by atoms with Crippen molar-refractivity contribution < 1.29 is 4.79 Å². The summed E-state index contributed by atoms with van der Waals surface area (Å²) in [5.41, 5.74) is 6.84. The molecule has 0 aliphatic carbocycles. The molecule has 1 fully saturated rings. The molecular weight excluding hydrogens is 290 g/mol. The molecule has 1 amide bonds. The fraction of sp³-hybridized carbons (Fsp3) is 0.353. The molecule has 1 unspecified atom stereocenters. The lowest BCUT2D eigenvalue weighted by molar-refractivity contribution is -0.132. The van der Waals surface area contributed by atoms with Gasteiger partial charge < -0.3 is 15.5 Å². The Bertz CT molecular complexity index is 626. The zero-order chi connectivity index (χ0) is 16.1. The van der Waals surface area contributed by atoms with Crippen LogP contribution in [0.5, 0.6) is 0 Å². The maximum Gasteiger partial charge on any atom is 0.231 e. The van der Waals surface area contributed by atoms with Gasteiger partial charge in [0.15, 0.2) is 0 Å². The first-order valence-electron chi connectivity index (χ1n) is 7.84. The fourth-order valence-electron chi connectivity index (χ4n) is 2.90. The summed E-state index contributed by atoms with van der Waals surface area (Å²) in [4.78, 5) is 25.2. The molecule has 1 atom stereocenters. The lowest BCUT2D eigenvalue weighted by atomic mass is 9.97. The average Bonchev–Trinajstić information content (AvgIpc) is 2.64. The maximum absolute atomic E-state index is 12.8. The third kappa shape index (κ3) is 3.48. The van der Waals surface area contributed by atoms with Crippen LogP contribution >= 0.6 is 0 Å². The van der Waals surface area contributed by atoms with Gasteiger partial charge in [-0.1, -0.05) is 30.3 Å². The van der Waals surface area contributed by atoms with E-state index in [4.69, 9.17) is 5.73 Å². The van der Waals surface area contributed by atoms with Gasteiger partial charge in [-0.25, -0.2) is 4.98 Å². The number of benzene rings is 1. The second-order valence-corrected chi connectivity index (χ2v) is 5.57. The van der Waals surface area contributed by atoms with Crippen molar-refractivity contribution in [2.75, 3.05) is 37.6 Å². The predicted molar refractivity (Wildman–Crippen MR) is 89.1 cm³/mol. The van der Waals surface area contributed by atoms with E-state index >= 15 is 0 Å². The van der Waals surface area contributed by atoms with Gasteiger partial charge in [0, 0.05) is 45.1 Å². The summed E-state index contributed by atoms with van der Waals surface area (Å²) in [6.07, 6.45) is 5.10. The van der Waals surface area contributed by atoms with Crippen molar-refractivity contribution in [3.8, 4) is 0 Å². The van der Waals surface area contributed by atoms with Gasteiger partial charge >= 0.3 is 0 Å². The quantitative estimate of drug-likeness (QED) is 0.907. The molecule has 0 saturated carbocycles. The van der Waals surface area contributed by atoms with E-state index in [0.29, 0.717) is 19.6 Å². The number of nitrogens with two attached hydrogens (primary N) is 1. The first kappa shape index (κ1) is 15.4. The minimum atomic E-state index is -0.265. The molecule has 0 radical (unpaired) electrons. The number of hydrogen-bond acceptors (Lipinski definition) is 5. The third-order valence-electron chi connectivity index (χ3n) is 4.20. The molecule has 120 valence electrons. The minimum absolute atomic E-state index is 0.109. The van der Waals surface area contributed by atoms with Crippen molar-refractivity contribution in [1.29, 1.82) is 0 Å². The molecule has 2 N–H and O–H groups in total. The summed E-state index contributed by atoms with van der Waals surface area (Å²) in [6, 6.07) is 9.76. The summed E-state index contributed by atoms with van der Waals surface area (Å²) >= 11 is 0. The molecule has 1 aliphatic rings. The molecule has 0 bridgehead atoms. The molecule has 2 aromatic rings. The standard InChI is InChI=1S/C17H21N5O/c18-12-15(14-4-2-1-3-5-14)17(23)22-10-8-21(9-11-22)16-13-19-6-7-20-16/h1-7,13,15H,8-12,18H2. The highest BCUT2D eigenvalue weighted by molar-refractivity contribution is 5.84. The van der Waals surface area contributed by atoms with Crippen LogP contribution in [0.2, 0.25) is 0 Å². The monoisotopic (exact) mass is 311 g/mol. The number of anilines is 1. The molecule has 1 aromatic carbocycles. The Hall–Kier alpha value is -2.47. The average molecular weight is 311 g/mol. The zero-order valence-corrected chi connectivity index (χ0v) is 13.0. The largest absolute Gasteiger partial charge is 0.352 e. The van der Waals surface area contributed by atoms with Crippen LogP contribution in [0.1, 0.15) is 11.5 Å². The molecule has 1 aromatic heterocycles. The van der Waals surface area contributed by atoms with Crippen LogP contribution in [0.15, 0.2) is 48.9 Å².